The number of benzene rings is 2. The third-order valence-corrected chi connectivity index (χ3v) is 5.55. The van der Waals surface area contributed by atoms with Gasteiger partial charge in [-0.2, -0.15) is 13.2 Å². The molecule has 0 aliphatic carbocycles. The van der Waals surface area contributed by atoms with Crippen LogP contribution in [0.2, 0.25) is 0 Å². The summed E-state index contributed by atoms with van der Waals surface area (Å²) in [5, 5.41) is 0. The number of aromatic nitrogens is 1. The molecule has 0 saturated carbocycles. The third kappa shape index (κ3) is 4.70. The van der Waals surface area contributed by atoms with Crippen LogP contribution in [0.15, 0.2) is 66.9 Å². The molecule has 1 fully saturated rings. The summed E-state index contributed by atoms with van der Waals surface area (Å²) in [6.45, 7) is 1.41. The Morgan fingerprint density at radius 1 is 0.967 bits per heavy atom. The van der Waals surface area contributed by atoms with E-state index in [1.54, 1.807) is 24.4 Å². The Balaban J connectivity index is 1.46. The number of hydrogen-bond donors (Lipinski definition) is 0. The van der Waals surface area contributed by atoms with Gasteiger partial charge in [-0.1, -0.05) is 42.5 Å². The summed E-state index contributed by atoms with van der Waals surface area (Å²) in [6.07, 6.45) is -0.251. The molecule has 0 radical (unpaired) electrons. The summed E-state index contributed by atoms with van der Waals surface area (Å²) >= 11 is 0. The first-order chi connectivity index (χ1) is 14.4. The second-order valence-electron chi connectivity index (χ2n) is 7.69. The summed E-state index contributed by atoms with van der Waals surface area (Å²) in [4.78, 5) is 6.81. The van der Waals surface area contributed by atoms with Crippen LogP contribution in [0.5, 0.6) is 0 Å². The molecule has 2 aromatic carbocycles. The van der Waals surface area contributed by atoms with Crippen molar-refractivity contribution in [2.45, 2.75) is 38.0 Å². The highest BCUT2D eigenvalue weighted by Gasteiger charge is 2.30. The van der Waals surface area contributed by atoms with Gasteiger partial charge in [0.25, 0.3) is 0 Å². The van der Waals surface area contributed by atoms with Gasteiger partial charge >= 0.3 is 6.18 Å². The number of nitrogens with zero attached hydrogens (tertiary/aromatic N) is 2. The van der Waals surface area contributed by atoms with Crippen LogP contribution < -0.4 is 0 Å². The number of likely N-dealkylation sites (tertiary alicyclic amines) is 1. The van der Waals surface area contributed by atoms with Crippen LogP contribution in [0.1, 0.15) is 46.8 Å². The smallest absolute Gasteiger partial charge is 0.290 e. The van der Waals surface area contributed by atoms with E-state index in [4.69, 9.17) is 0 Å². The Morgan fingerprint density at radius 2 is 1.80 bits per heavy atom. The van der Waals surface area contributed by atoms with E-state index in [2.05, 4.69) is 9.88 Å². The average molecular weight is 414 g/mol. The maximum absolute atomic E-state index is 14.0. The first-order valence-electron chi connectivity index (χ1n) is 9.98. The number of hydrogen-bond acceptors (Lipinski definition) is 2. The van der Waals surface area contributed by atoms with Crippen molar-refractivity contribution in [1.82, 2.24) is 9.88 Å². The Morgan fingerprint density at radius 3 is 2.53 bits per heavy atom. The van der Waals surface area contributed by atoms with E-state index in [-0.39, 0.29) is 11.9 Å². The molecular weight excluding hydrogens is 392 g/mol. The Bertz CT molecular complexity index is 999. The minimum atomic E-state index is -4.34. The van der Waals surface area contributed by atoms with Crippen molar-refractivity contribution in [2.24, 2.45) is 0 Å². The molecule has 0 spiro atoms. The monoisotopic (exact) mass is 414 g/mol. The summed E-state index contributed by atoms with van der Waals surface area (Å²) in [6, 6.07) is 16.2. The lowest BCUT2D eigenvalue weighted by Crippen LogP contribution is -2.24. The highest BCUT2D eigenvalue weighted by Crippen LogP contribution is 2.33. The quantitative estimate of drug-likeness (QED) is 0.464. The van der Waals surface area contributed by atoms with Gasteiger partial charge in [0, 0.05) is 18.3 Å². The van der Waals surface area contributed by atoms with Crippen LogP contribution in [0.25, 0.3) is 0 Å². The zero-order valence-electron chi connectivity index (χ0n) is 16.4. The van der Waals surface area contributed by atoms with Gasteiger partial charge < -0.3 is 0 Å². The molecule has 1 atom stereocenters. The first-order valence-corrected chi connectivity index (χ1v) is 9.98. The lowest BCUT2D eigenvalue weighted by Gasteiger charge is -2.24. The second kappa shape index (κ2) is 8.56. The molecular formula is C24H22F4N2. The van der Waals surface area contributed by atoms with Crippen molar-refractivity contribution in [3.8, 4) is 0 Å². The second-order valence-corrected chi connectivity index (χ2v) is 7.69. The van der Waals surface area contributed by atoms with Crippen molar-refractivity contribution < 1.29 is 17.6 Å². The first kappa shape index (κ1) is 20.5. The van der Waals surface area contributed by atoms with Gasteiger partial charge in [-0.05, 0) is 55.1 Å². The average Bonchev–Trinajstić information content (AvgIpc) is 3.18. The standard InChI is InChI=1S/C24H22F4N2/c25-21-8-2-1-6-19(21)16-30-12-4-9-23(30)22-11-10-18(15-29-22)13-17-5-3-7-20(14-17)24(26,27)28/h1-3,5-8,10-11,14-15,23H,4,9,12-13,16H2. The van der Waals surface area contributed by atoms with Gasteiger partial charge in [0.05, 0.1) is 17.3 Å². The minimum absolute atomic E-state index is 0.118. The normalized spacial score (nSPS) is 17.4. The molecule has 2 heterocycles. The van der Waals surface area contributed by atoms with Crippen molar-refractivity contribution in [2.75, 3.05) is 6.54 Å². The highest BCUT2D eigenvalue weighted by molar-refractivity contribution is 5.30. The van der Waals surface area contributed by atoms with E-state index in [0.29, 0.717) is 24.1 Å². The van der Waals surface area contributed by atoms with Crippen LogP contribution in [-0.4, -0.2) is 16.4 Å². The van der Waals surface area contributed by atoms with Crippen LogP contribution in [-0.2, 0) is 19.1 Å². The molecule has 1 aliphatic rings. The summed E-state index contributed by atoms with van der Waals surface area (Å²) in [5.74, 6) is -0.201. The summed E-state index contributed by atoms with van der Waals surface area (Å²) in [5.41, 5.74) is 2.40. The molecule has 3 aromatic rings. The van der Waals surface area contributed by atoms with Crippen LogP contribution in [0, 0.1) is 5.82 Å². The number of pyridine rings is 1. The number of rotatable bonds is 5. The minimum Gasteiger partial charge on any atom is -0.290 e. The molecule has 156 valence electrons. The van der Waals surface area contributed by atoms with Crippen molar-refractivity contribution in [3.05, 3.63) is 101 Å². The topological polar surface area (TPSA) is 16.1 Å². The van der Waals surface area contributed by atoms with E-state index in [1.165, 1.54) is 18.2 Å². The lowest BCUT2D eigenvalue weighted by atomic mass is 10.0. The molecule has 0 bridgehead atoms. The van der Waals surface area contributed by atoms with Gasteiger partial charge in [-0.15, -0.1) is 0 Å². The van der Waals surface area contributed by atoms with Crippen LogP contribution in [0.3, 0.4) is 0 Å². The fourth-order valence-corrected chi connectivity index (χ4v) is 4.03. The Hall–Kier alpha value is -2.73. The summed E-state index contributed by atoms with van der Waals surface area (Å²) < 4.78 is 52.8. The lowest BCUT2D eigenvalue weighted by molar-refractivity contribution is -0.137. The number of halogens is 4. The predicted octanol–water partition coefficient (Wildman–Crippen LogP) is 6.17. The van der Waals surface area contributed by atoms with E-state index >= 15 is 0 Å². The van der Waals surface area contributed by atoms with E-state index in [9.17, 15) is 17.6 Å². The fraction of sp³-hybridized carbons (Fsp3) is 0.292. The van der Waals surface area contributed by atoms with Gasteiger partial charge in [0.1, 0.15) is 5.82 Å². The number of alkyl halides is 3. The van der Waals surface area contributed by atoms with Crippen LogP contribution in [0.4, 0.5) is 17.6 Å². The zero-order valence-corrected chi connectivity index (χ0v) is 16.4. The maximum Gasteiger partial charge on any atom is 0.416 e. The molecule has 6 heteroatoms. The molecule has 0 amide bonds. The van der Waals surface area contributed by atoms with Crippen molar-refractivity contribution in [1.29, 1.82) is 0 Å². The van der Waals surface area contributed by atoms with Crippen molar-refractivity contribution >= 4 is 0 Å². The predicted molar refractivity (Wildman–Crippen MR) is 107 cm³/mol. The molecule has 4 rings (SSSR count). The van der Waals surface area contributed by atoms with Crippen LogP contribution >= 0.6 is 0 Å². The molecule has 30 heavy (non-hydrogen) atoms. The summed E-state index contributed by atoms with van der Waals surface area (Å²) in [7, 11) is 0. The van der Waals surface area contributed by atoms with Gasteiger partial charge in [-0.25, -0.2) is 4.39 Å². The molecule has 1 aliphatic heterocycles. The molecule has 1 saturated heterocycles. The van der Waals surface area contributed by atoms with Crippen molar-refractivity contribution in [3.63, 3.8) is 0 Å². The Kier molecular flexibility index (Phi) is 5.86. The maximum atomic E-state index is 14.0. The van der Waals surface area contributed by atoms with E-state index in [0.717, 1.165) is 36.7 Å². The van der Waals surface area contributed by atoms with Gasteiger partial charge in [0.2, 0.25) is 0 Å². The molecule has 0 N–H and O–H groups in total. The third-order valence-electron chi connectivity index (χ3n) is 5.55. The van der Waals surface area contributed by atoms with E-state index < -0.39 is 11.7 Å². The Labute approximate surface area is 173 Å². The van der Waals surface area contributed by atoms with Gasteiger partial charge in [-0.3, -0.25) is 9.88 Å². The highest BCUT2D eigenvalue weighted by atomic mass is 19.4. The molecule has 1 unspecified atom stereocenters. The SMILES string of the molecule is Fc1ccccc1CN1CCCC1c1ccc(Cc2cccc(C(F)(F)F)c2)cn1. The largest absolute Gasteiger partial charge is 0.416 e. The van der Waals surface area contributed by atoms with Gasteiger partial charge in [0.15, 0.2) is 0 Å². The fourth-order valence-electron chi connectivity index (χ4n) is 4.03. The van der Waals surface area contributed by atoms with E-state index in [1.807, 2.05) is 18.2 Å². The molecule has 1 aromatic heterocycles. The molecule has 2 nitrogen and oxygen atoms in total. The zero-order chi connectivity index (χ0) is 21.1.